The summed E-state index contributed by atoms with van der Waals surface area (Å²) in [5.41, 5.74) is 3.04. The Morgan fingerprint density at radius 1 is 0.950 bits per heavy atom. The summed E-state index contributed by atoms with van der Waals surface area (Å²) in [4.78, 5) is 45.5. The number of carbonyl (C=O) groups excluding carboxylic acids is 3. The summed E-state index contributed by atoms with van der Waals surface area (Å²) in [6, 6.07) is 28.1. The smallest absolute Gasteiger partial charge is 0.285 e. The second-order valence-electron chi connectivity index (χ2n) is 8.73. The number of amides is 3. The van der Waals surface area contributed by atoms with Crippen LogP contribution in [0.5, 0.6) is 0 Å². The molecule has 40 heavy (non-hydrogen) atoms. The average molecular weight is 548 g/mol. The summed E-state index contributed by atoms with van der Waals surface area (Å²) in [5, 5.41) is 3.22. The molecule has 0 aliphatic carbocycles. The molecule has 3 amide bonds. The van der Waals surface area contributed by atoms with Crippen molar-refractivity contribution in [2.45, 2.75) is 13.0 Å². The fourth-order valence-electron chi connectivity index (χ4n) is 4.11. The van der Waals surface area contributed by atoms with Gasteiger partial charge in [-0.15, -0.1) is 0 Å². The first-order valence-electron chi connectivity index (χ1n) is 12.7. The van der Waals surface area contributed by atoms with Crippen LogP contribution in [0, 0.1) is 0 Å². The van der Waals surface area contributed by atoms with E-state index in [9.17, 15) is 14.4 Å². The van der Waals surface area contributed by atoms with Crippen molar-refractivity contribution in [1.29, 1.82) is 0 Å². The van der Waals surface area contributed by atoms with Crippen LogP contribution in [0.3, 0.4) is 0 Å². The summed E-state index contributed by atoms with van der Waals surface area (Å²) in [6.45, 7) is 5.48. The minimum atomic E-state index is -0.650. The van der Waals surface area contributed by atoms with Crippen LogP contribution < -0.4 is 5.32 Å². The molecule has 7 heteroatoms. The number of nitrogens with zero attached hydrogens (tertiary/aromatic N) is 2. The molecule has 1 aliphatic heterocycles. The zero-order valence-corrected chi connectivity index (χ0v) is 22.9. The highest BCUT2D eigenvalue weighted by Crippen LogP contribution is 2.27. The molecular formula is C33H29N3O3S. The summed E-state index contributed by atoms with van der Waals surface area (Å²) >= 11 is 1.03. The fourth-order valence-corrected chi connectivity index (χ4v) is 4.92. The van der Waals surface area contributed by atoms with E-state index < -0.39 is 11.8 Å². The van der Waals surface area contributed by atoms with Gasteiger partial charge in [-0.2, -0.15) is 4.99 Å². The summed E-state index contributed by atoms with van der Waals surface area (Å²) in [7, 11) is 0. The minimum Gasteiger partial charge on any atom is -0.344 e. The van der Waals surface area contributed by atoms with Crippen LogP contribution in [-0.2, 0) is 14.4 Å². The van der Waals surface area contributed by atoms with Gasteiger partial charge >= 0.3 is 0 Å². The first-order chi connectivity index (χ1) is 19.5. The fraction of sp³-hybridized carbons (Fsp3) is 0.0909. The predicted octanol–water partition coefficient (Wildman–Crippen LogP) is 6.08. The lowest BCUT2D eigenvalue weighted by Crippen LogP contribution is -2.42. The maximum atomic E-state index is 13.6. The van der Waals surface area contributed by atoms with Crippen molar-refractivity contribution in [2.24, 2.45) is 4.99 Å². The van der Waals surface area contributed by atoms with Gasteiger partial charge in [-0.1, -0.05) is 128 Å². The van der Waals surface area contributed by atoms with Gasteiger partial charge in [0.1, 0.15) is 5.57 Å². The lowest BCUT2D eigenvalue weighted by Gasteiger charge is -2.28. The Morgan fingerprint density at radius 2 is 1.52 bits per heavy atom. The molecule has 200 valence electrons. The number of hydrogen-bond acceptors (Lipinski definition) is 4. The Bertz CT molecular complexity index is 1450. The van der Waals surface area contributed by atoms with E-state index in [1.165, 1.54) is 11.0 Å². The monoisotopic (exact) mass is 547 g/mol. The van der Waals surface area contributed by atoms with E-state index in [0.717, 1.165) is 22.9 Å². The number of amidine groups is 1. The zero-order chi connectivity index (χ0) is 28.3. The van der Waals surface area contributed by atoms with Gasteiger partial charge in [-0.3, -0.25) is 19.3 Å². The van der Waals surface area contributed by atoms with Crippen LogP contribution >= 0.6 is 11.8 Å². The highest BCUT2D eigenvalue weighted by molar-refractivity contribution is 8.14. The molecule has 1 N–H and O–H groups in total. The Labute approximate surface area is 238 Å². The highest BCUT2D eigenvalue weighted by Gasteiger charge is 2.35. The van der Waals surface area contributed by atoms with Crippen LogP contribution in [0.1, 0.15) is 29.7 Å². The van der Waals surface area contributed by atoms with Gasteiger partial charge in [0, 0.05) is 5.70 Å². The standard InChI is InChI=1S/C33H29N3O3S/c1-3-5-21-27(4-2)36-32(39)28(22-24-15-9-6-10-16-24)31(38)35-33(36)40-23-29(37)34-30(25-17-11-7-12-18-25)26-19-13-8-14-20-26/h3-22,30H,1,23H2,2H3,(H,34,37)/b21-5-,27-4+,28-22+. The summed E-state index contributed by atoms with van der Waals surface area (Å²) in [5.74, 6) is -1.48. The van der Waals surface area contributed by atoms with Crippen LogP contribution in [0.25, 0.3) is 6.08 Å². The van der Waals surface area contributed by atoms with Crippen LogP contribution in [0.4, 0.5) is 0 Å². The maximum absolute atomic E-state index is 13.6. The number of benzene rings is 3. The van der Waals surface area contributed by atoms with Crippen LogP contribution in [-0.4, -0.2) is 33.5 Å². The third-order valence-electron chi connectivity index (χ3n) is 6.02. The zero-order valence-electron chi connectivity index (χ0n) is 22.1. The molecule has 0 aromatic heterocycles. The Morgan fingerprint density at radius 3 is 2.08 bits per heavy atom. The Balaban J connectivity index is 1.60. The normalized spacial score (nSPS) is 15.1. The van der Waals surface area contributed by atoms with E-state index in [0.29, 0.717) is 11.3 Å². The van der Waals surface area contributed by atoms with E-state index in [2.05, 4.69) is 16.9 Å². The maximum Gasteiger partial charge on any atom is 0.285 e. The molecule has 0 fully saturated rings. The number of thioether (sulfide) groups is 1. The molecule has 3 aromatic rings. The van der Waals surface area contributed by atoms with Crippen molar-refractivity contribution >= 4 is 40.7 Å². The van der Waals surface area contributed by atoms with Crippen LogP contribution in [0.15, 0.2) is 138 Å². The van der Waals surface area contributed by atoms with Gasteiger partial charge in [0.15, 0.2) is 5.17 Å². The number of aliphatic imine (C=N–C) groups is 1. The van der Waals surface area contributed by atoms with Crippen molar-refractivity contribution < 1.29 is 14.4 Å². The topological polar surface area (TPSA) is 78.8 Å². The SMILES string of the molecule is C=C/C=C\C(=C/C)N1C(=O)/C(=C/c2ccccc2)C(=O)N=C1SCC(=O)NC(c1ccccc1)c1ccccc1. The summed E-state index contributed by atoms with van der Waals surface area (Å²) < 4.78 is 0. The Hall–Kier alpha value is -4.75. The molecule has 0 saturated carbocycles. The first-order valence-corrected chi connectivity index (χ1v) is 13.7. The molecule has 0 spiro atoms. The number of nitrogens with one attached hydrogen (secondary N) is 1. The summed E-state index contributed by atoms with van der Waals surface area (Å²) in [6.07, 6.45) is 8.26. The number of allylic oxidation sites excluding steroid dienone is 4. The lowest BCUT2D eigenvalue weighted by atomic mass is 9.99. The average Bonchev–Trinajstić information content (AvgIpc) is 2.99. The molecule has 0 saturated heterocycles. The second-order valence-corrected chi connectivity index (χ2v) is 9.67. The molecule has 0 unspecified atom stereocenters. The molecule has 1 aliphatic rings. The molecule has 0 bridgehead atoms. The van der Waals surface area contributed by atoms with Gasteiger partial charge in [0.25, 0.3) is 11.8 Å². The van der Waals surface area contributed by atoms with E-state index in [-0.39, 0.29) is 28.4 Å². The predicted molar refractivity (Wildman–Crippen MR) is 162 cm³/mol. The van der Waals surface area contributed by atoms with E-state index in [4.69, 9.17) is 0 Å². The number of hydrogen-bond donors (Lipinski definition) is 1. The van der Waals surface area contributed by atoms with Crippen molar-refractivity contribution in [3.8, 4) is 0 Å². The van der Waals surface area contributed by atoms with E-state index in [1.807, 2.05) is 78.9 Å². The second kappa shape index (κ2) is 13.9. The van der Waals surface area contributed by atoms with Gasteiger partial charge < -0.3 is 5.32 Å². The van der Waals surface area contributed by atoms with Gasteiger partial charge in [0.2, 0.25) is 5.91 Å². The molecule has 0 atom stereocenters. The van der Waals surface area contributed by atoms with Gasteiger partial charge in [-0.25, -0.2) is 0 Å². The van der Waals surface area contributed by atoms with Crippen molar-refractivity contribution in [1.82, 2.24) is 10.2 Å². The van der Waals surface area contributed by atoms with Crippen LogP contribution in [0.2, 0.25) is 0 Å². The minimum absolute atomic E-state index is 0.0496. The largest absolute Gasteiger partial charge is 0.344 e. The molecule has 1 heterocycles. The molecule has 0 radical (unpaired) electrons. The number of carbonyl (C=O) groups is 3. The van der Waals surface area contributed by atoms with Crippen molar-refractivity contribution in [3.63, 3.8) is 0 Å². The first kappa shape index (κ1) is 28.3. The van der Waals surface area contributed by atoms with Crippen molar-refractivity contribution in [3.05, 3.63) is 150 Å². The van der Waals surface area contributed by atoms with Crippen molar-refractivity contribution in [2.75, 3.05) is 5.75 Å². The van der Waals surface area contributed by atoms with E-state index >= 15 is 0 Å². The Kier molecular flexibility index (Phi) is 9.80. The molecule has 6 nitrogen and oxygen atoms in total. The third-order valence-corrected chi connectivity index (χ3v) is 6.96. The quantitative estimate of drug-likeness (QED) is 0.200. The van der Waals surface area contributed by atoms with E-state index in [1.54, 1.807) is 43.4 Å². The number of rotatable bonds is 9. The molecule has 3 aromatic carbocycles. The molecule has 4 rings (SSSR count). The lowest BCUT2D eigenvalue weighted by molar-refractivity contribution is -0.126. The van der Waals surface area contributed by atoms with Gasteiger partial charge in [-0.05, 0) is 35.8 Å². The third kappa shape index (κ3) is 7.01. The molecular weight excluding hydrogens is 518 g/mol. The van der Waals surface area contributed by atoms with Gasteiger partial charge in [0.05, 0.1) is 11.8 Å². The highest BCUT2D eigenvalue weighted by atomic mass is 32.2.